The second kappa shape index (κ2) is 6.98. The maximum absolute atomic E-state index is 14.1. The van der Waals surface area contributed by atoms with Crippen LogP contribution < -0.4 is 5.73 Å². The molecule has 0 saturated carbocycles. The largest absolute Gasteiger partial charge is 0.384 e. The van der Waals surface area contributed by atoms with Crippen molar-refractivity contribution >= 4 is 0 Å². The Balaban J connectivity index is 1.92. The van der Waals surface area contributed by atoms with Crippen molar-refractivity contribution in [3.8, 4) is 0 Å². The number of halogens is 1. The maximum Gasteiger partial charge on any atom is 0.132 e. The lowest BCUT2D eigenvalue weighted by molar-refractivity contribution is 0.0963. The van der Waals surface area contributed by atoms with Gasteiger partial charge in [0, 0.05) is 37.9 Å². The van der Waals surface area contributed by atoms with Crippen LogP contribution >= 0.6 is 0 Å². The highest BCUT2D eigenvalue weighted by Gasteiger charge is 2.20. The molecule has 106 valence electrons. The van der Waals surface area contributed by atoms with Gasteiger partial charge in [0.2, 0.25) is 0 Å². The van der Waals surface area contributed by atoms with Gasteiger partial charge < -0.3 is 10.5 Å². The Labute approximate surface area is 114 Å². The van der Waals surface area contributed by atoms with E-state index >= 15 is 0 Å². The number of hydrogen-bond donors (Lipinski definition) is 1. The molecular formula is C15H23FN2O. The highest BCUT2D eigenvalue weighted by Crippen LogP contribution is 2.21. The SMILES string of the molecule is COCC1CCN(Cc2cccc(CN)c2F)CC1. The topological polar surface area (TPSA) is 38.5 Å². The third kappa shape index (κ3) is 3.75. The third-order valence-electron chi connectivity index (χ3n) is 3.88. The first-order valence-electron chi connectivity index (χ1n) is 6.92. The van der Waals surface area contributed by atoms with Crippen LogP contribution in [0.4, 0.5) is 4.39 Å². The number of nitrogens with two attached hydrogens (primary N) is 1. The summed E-state index contributed by atoms with van der Waals surface area (Å²) in [6.45, 7) is 3.81. The van der Waals surface area contributed by atoms with Gasteiger partial charge >= 0.3 is 0 Å². The van der Waals surface area contributed by atoms with Gasteiger partial charge in [-0.05, 0) is 31.8 Å². The van der Waals surface area contributed by atoms with Crippen molar-refractivity contribution in [2.24, 2.45) is 11.7 Å². The van der Waals surface area contributed by atoms with Crippen LogP contribution in [0.1, 0.15) is 24.0 Å². The maximum atomic E-state index is 14.1. The third-order valence-corrected chi connectivity index (χ3v) is 3.88. The first kappa shape index (κ1) is 14.4. The summed E-state index contributed by atoms with van der Waals surface area (Å²) in [6.07, 6.45) is 2.26. The summed E-state index contributed by atoms with van der Waals surface area (Å²) in [7, 11) is 1.75. The van der Waals surface area contributed by atoms with E-state index in [1.807, 2.05) is 12.1 Å². The molecule has 2 rings (SSSR count). The van der Waals surface area contributed by atoms with E-state index in [1.54, 1.807) is 13.2 Å². The molecular weight excluding hydrogens is 243 g/mol. The standard InChI is InChI=1S/C15H23FN2O/c1-19-11-12-5-7-18(8-6-12)10-14-4-2-3-13(9-17)15(14)16/h2-4,12H,5-11,17H2,1H3. The summed E-state index contributed by atoms with van der Waals surface area (Å²) in [5, 5.41) is 0. The zero-order valence-electron chi connectivity index (χ0n) is 11.6. The van der Waals surface area contributed by atoms with E-state index in [0.29, 0.717) is 18.0 Å². The lowest BCUT2D eigenvalue weighted by Crippen LogP contribution is -2.34. The van der Waals surface area contributed by atoms with Gasteiger partial charge in [-0.25, -0.2) is 4.39 Å². The van der Waals surface area contributed by atoms with Crippen molar-refractivity contribution in [1.29, 1.82) is 0 Å². The molecule has 2 N–H and O–H groups in total. The molecule has 0 amide bonds. The number of methoxy groups -OCH3 is 1. The van der Waals surface area contributed by atoms with Crippen LogP contribution in [-0.4, -0.2) is 31.7 Å². The van der Waals surface area contributed by atoms with E-state index in [-0.39, 0.29) is 12.4 Å². The van der Waals surface area contributed by atoms with Crippen molar-refractivity contribution in [2.75, 3.05) is 26.8 Å². The van der Waals surface area contributed by atoms with Gasteiger partial charge in [-0.3, -0.25) is 4.90 Å². The summed E-state index contributed by atoms with van der Waals surface area (Å²) in [5.41, 5.74) is 6.90. The van der Waals surface area contributed by atoms with E-state index in [1.165, 1.54) is 0 Å². The predicted molar refractivity (Wildman–Crippen MR) is 74.2 cm³/mol. The first-order chi connectivity index (χ1) is 9.24. The average Bonchev–Trinajstić information content (AvgIpc) is 2.43. The van der Waals surface area contributed by atoms with Crippen molar-refractivity contribution < 1.29 is 9.13 Å². The minimum atomic E-state index is -0.135. The van der Waals surface area contributed by atoms with E-state index in [0.717, 1.165) is 38.1 Å². The molecule has 0 radical (unpaired) electrons. The fourth-order valence-corrected chi connectivity index (χ4v) is 2.70. The minimum Gasteiger partial charge on any atom is -0.384 e. The fourth-order valence-electron chi connectivity index (χ4n) is 2.70. The first-order valence-corrected chi connectivity index (χ1v) is 6.92. The Morgan fingerprint density at radius 2 is 2.00 bits per heavy atom. The molecule has 0 atom stereocenters. The Morgan fingerprint density at radius 1 is 1.32 bits per heavy atom. The van der Waals surface area contributed by atoms with Crippen molar-refractivity contribution in [3.05, 3.63) is 35.1 Å². The van der Waals surface area contributed by atoms with Crippen molar-refractivity contribution in [2.45, 2.75) is 25.9 Å². The molecule has 1 aromatic carbocycles. The van der Waals surface area contributed by atoms with Gasteiger partial charge in [0.25, 0.3) is 0 Å². The van der Waals surface area contributed by atoms with E-state index in [9.17, 15) is 4.39 Å². The van der Waals surface area contributed by atoms with Crippen LogP contribution in [0, 0.1) is 11.7 Å². The Morgan fingerprint density at radius 3 is 2.63 bits per heavy atom. The number of hydrogen-bond acceptors (Lipinski definition) is 3. The number of ether oxygens (including phenoxy) is 1. The van der Waals surface area contributed by atoms with E-state index in [2.05, 4.69) is 4.90 Å². The second-order valence-electron chi connectivity index (χ2n) is 5.27. The minimum absolute atomic E-state index is 0.135. The zero-order chi connectivity index (χ0) is 13.7. The molecule has 1 aromatic rings. The van der Waals surface area contributed by atoms with Crippen LogP contribution in [0.3, 0.4) is 0 Å². The number of rotatable bonds is 5. The molecule has 1 fully saturated rings. The molecule has 1 saturated heterocycles. The highest BCUT2D eigenvalue weighted by atomic mass is 19.1. The lowest BCUT2D eigenvalue weighted by atomic mass is 9.97. The molecule has 4 heteroatoms. The number of piperidine rings is 1. The van der Waals surface area contributed by atoms with E-state index in [4.69, 9.17) is 10.5 Å². The predicted octanol–water partition coefficient (Wildman–Crippen LogP) is 2.14. The van der Waals surface area contributed by atoms with Crippen LogP contribution in [0.15, 0.2) is 18.2 Å². The normalized spacial score (nSPS) is 17.8. The molecule has 1 heterocycles. The van der Waals surface area contributed by atoms with E-state index < -0.39 is 0 Å². The van der Waals surface area contributed by atoms with Gasteiger partial charge in [-0.15, -0.1) is 0 Å². The Hall–Kier alpha value is -0.970. The highest BCUT2D eigenvalue weighted by molar-refractivity contribution is 5.25. The molecule has 0 unspecified atom stereocenters. The Bertz CT molecular complexity index is 403. The summed E-state index contributed by atoms with van der Waals surface area (Å²) < 4.78 is 19.3. The van der Waals surface area contributed by atoms with Crippen molar-refractivity contribution in [1.82, 2.24) is 4.90 Å². The van der Waals surface area contributed by atoms with Crippen LogP contribution in [0.5, 0.6) is 0 Å². The molecule has 1 aliphatic heterocycles. The van der Waals surface area contributed by atoms with Gasteiger partial charge in [0.05, 0.1) is 0 Å². The smallest absolute Gasteiger partial charge is 0.132 e. The monoisotopic (exact) mass is 266 g/mol. The molecule has 0 aliphatic carbocycles. The Kier molecular flexibility index (Phi) is 5.31. The second-order valence-corrected chi connectivity index (χ2v) is 5.27. The van der Waals surface area contributed by atoms with Crippen molar-refractivity contribution in [3.63, 3.8) is 0 Å². The molecule has 0 aromatic heterocycles. The number of benzene rings is 1. The van der Waals surface area contributed by atoms with Gasteiger partial charge in [-0.2, -0.15) is 0 Å². The molecule has 3 nitrogen and oxygen atoms in total. The summed E-state index contributed by atoms with van der Waals surface area (Å²) in [6, 6.07) is 5.50. The molecule has 19 heavy (non-hydrogen) atoms. The van der Waals surface area contributed by atoms with Crippen LogP contribution in [0.2, 0.25) is 0 Å². The summed E-state index contributed by atoms with van der Waals surface area (Å²) in [5.74, 6) is 0.519. The summed E-state index contributed by atoms with van der Waals surface area (Å²) in [4.78, 5) is 2.31. The quantitative estimate of drug-likeness (QED) is 0.887. The van der Waals surface area contributed by atoms with Crippen LogP contribution in [-0.2, 0) is 17.8 Å². The molecule has 1 aliphatic rings. The number of nitrogens with zero attached hydrogens (tertiary/aromatic N) is 1. The molecule has 0 spiro atoms. The fraction of sp³-hybridized carbons (Fsp3) is 0.600. The number of likely N-dealkylation sites (tertiary alicyclic amines) is 1. The zero-order valence-corrected chi connectivity index (χ0v) is 11.6. The summed E-state index contributed by atoms with van der Waals surface area (Å²) >= 11 is 0. The molecule has 0 bridgehead atoms. The van der Waals surface area contributed by atoms with Gasteiger partial charge in [0.15, 0.2) is 0 Å². The van der Waals surface area contributed by atoms with Gasteiger partial charge in [-0.1, -0.05) is 18.2 Å². The average molecular weight is 266 g/mol. The van der Waals surface area contributed by atoms with Gasteiger partial charge in [0.1, 0.15) is 5.82 Å². The lowest BCUT2D eigenvalue weighted by Gasteiger charge is -2.31. The van der Waals surface area contributed by atoms with Crippen LogP contribution in [0.25, 0.3) is 0 Å².